The maximum atomic E-state index is 11.9. The van der Waals surface area contributed by atoms with Crippen LogP contribution in [-0.4, -0.2) is 36.5 Å². The van der Waals surface area contributed by atoms with Gasteiger partial charge in [0, 0.05) is 25.7 Å². The molecule has 0 unspecified atom stereocenters. The second-order valence-electron chi connectivity index (χ2n) is 5.38. The quantitative estimate of drug-likeness (QED) is 0.884. The lowest BCUT2D eigenvalue weighted by Crippen LogP contribution is -2.44. The van der Waals surface area contributed by atoms with Crippen LogP contribution in [0.3, 0.4) is 0 Å². The van der Waals surface area contributed by atoms with Gasteiger partial charge in [0.15, 0.2) is 0 Å². The van der Waals surface area contributed by atoms with Gasteiger partial charge in [-0.05, 0) is 25.3 Å². The van der Waals surface area contributed by atoms with E-state index in [0.717, 1.165) is 31.5 Å². The van der Waals surface area contributed by atoms with E-state index < -0.39 is 0 Å². The average Bonchev–Trinajstić information content (AvgIpc) is 2.39. The van der Waals surface area contributed by atoms with Crippen LogP contribution in [0.2, 0.25) is 0 Å². The monoisotopic (exact) mass is 297 g/mol. The van der Waals surface area contributed by atoms with Gasteiger partial charge in [0.1, 0.15) is 0 Å². The number of aryl methyl sites for hydroxylation is 1. The number of nitrogens with zero attached hydrogens (tertiary/aromatic N) is 1. The summed E-state index contributed by atoms with van der Waals surface area (Å²) in [5.74, 6) is 0.0944. The predicted octanol–water partition coefficient (Wildman–Crippen LogP) is 1.46. The van der Waals surface area contributed by atoms with Gasteiger partial charge in [-0.25, -0.2) is 0 Å². The largest absolute Gasteiger partial charge is 0.351 e. The van der Waals surface area contributed by atoms with Crippen molar-refractivity contribution in [2.75, 3.05) is 19.6 Å². The van der Waals surface area contributed by atoms with Crippen molar-refractivity contribution in [3.05, 3.63) is 35.4 Å². The van der Waals surface area contributed by atoms with Crippen LogP contribution in [0.15, 0.2) is 24.3 Å². The summed E-state index contributed by atoms with van der Waals surface area (Å²) in [5, 5.41) is 2.97. The standard InChI is InChI=1S/C15H23N3O.ClH/c1-12-3-2-4-13(9-12)10-17-15(19)11-18-7-5-14(16)6-8-18;/h2-4,9,14H,5-8,10-11,16H2,1H3,(H,17,19);1H. The molecule has 1 amide bonds. The van der Waals surface area contributed by atoms with Gasteiger partial charge in [0.25, 0.3) is 0 Å². The van der Waals surface area contributed by atoms with Crippen molar-refractivity contribution in [1.29, 1.82) is 0 Å². The van der Waals surface area contributed by atoms with Crippen molar-refractivity contribution in [3.63, 3.8) is 0 Å². The zero-order valence-corrected chi connectivity index (χ0v) is 12.8. The van der Waals surface area contributed by atoms with E-state index in [2.05, 4.69) is 29.3 Å². The zero-order chi connectivity index (χ0) is 13.7. The van der Waals surface area contributed by atoms with Gasteiger partial charge in [-0.15, -0.1) is 12.4 Å². The van der Waals surface area contributed by atoms with Gasteiger partial charge in [0.2, 0.25) is 5.91 Å². The van der Waals surface area contributed by atoms with E-state index in [4.69, 9.17) is 5.73 Å². The molecular formula is C15H24ClN3O. The molecule has 1 aliphatic rings. The van der Waals surface area contributed by atoms with Gasteiger partial charge in [-0.1, -0.05) is 29.8 Å². The molecule has 0 saturated carbocycles. The number of hydrogen-bond donors (Lipinski definition) is 2. The van der Waals surface area contributed by atoms with Gasteiger partial charge in [-0.2, -0.15) is 0 Å². The smallest absolute Gasteiger partial charge is 0.234 e. The maximum absolute atomic E-state index is 11.9. The van der Waals surface area contributed by atoms with Gasteiger partial charge < -0.3 is 11.1 Å². The number of rotatable bonds is 4. The minimum absolute atomic E-state index is 0. The van der Waals surface area contributed by atoms with Crippen molar-refractivity contribution in [1.82, 2.24) is 10.2 Å². The molecule has 1 aliphatic heterocycles. The Bertz CT molecular complexity index is 431. The van der Waals surface area contributed by atoms with E-state index >= 15 is 0 Å². The van der Waals surface area contributed by atoms with Gasteiger partial charge in [0.05, 0.1) is 6.54 Å². The van der Waals surface area contributed by atoms with Crippen LogP contribution in [0.25, 0.3) is 0 Å². The van der Waals surface area contributed by atoms with Crippen molar-refractivity contribution >= 4 is 18.3 Å². The Labute approximate surface area is 127 Å². The molecule has 0 aromatic heterocycles. The van der Waals surface area contributed by atoms with Crippen LogP contribution in [0.4, 0.5) is 0 Å². The summed E-state index contributed by atoms with van der Waals surface area (Å²) < 4.78 is 0. The number of carbonyl (C=O) groups excluding carboxylic acids is 1. The average molecular weight is 298 g/mol. The summed E-state index contributed by atoms with van der Waals surface area (Å²) in [4.78, 5) is 14.0. The van der Waals surface area contributed by atoms with E-state index in [1.54, 1.807) is 0 Å². The Balaban J connectivity index is 0.00000200. The number of carbonyl (C=O) groups is 1. The molecule has 112 valence electrons. The first kappa shape index (κ1) is 17.0. The first-order chi connectivity index (χ1) is 9.13. The second-order valence-corrected chi connectivity index (χ2v) is 5.38. The number of benzene rings is 1. The SMILES string of the molecule is Cc1cccc(CNC(=O)CN2CCC(N)CC2)c1.Cl. The fourth-order valence-corrected chi connectivity index (χ4v) is 2.39. The topological polar surface area (TPSA) is 58.4 Å². The molecule has 1 saturated heterocycles. The molecule has 0 aliphatic carbocycles. The van der Waals surface area contributed by atoms with E-state index in [1.807, 2.05) is 12.1 Å². The van der Waals surface area contributed by atoms with Gasteiger partial charge >= 0.3 is 0 Å². The Kier molecular flexibility index (Phi) is 6.99. The van der Waals surface area contributed by atoms with Crippen LogP contribution >= 0.6 is 12.4 Å². The summed E-state index contributed by atoms with van der Waals surface area (Å²) in [7, 11) is 0. The predicted molar refractivity (Wildman–Crippen MR) is 83.9 cm³/mol. The van der Waals surface area contributed by atoms with Crippen molar-refractivity contribution in [2.45, 2.75) is 32.4 Å². The molecule has 1 fully saturated rings. The first-order valence-corrected chi connectivity index (χ1v) is 6.93. The van der Waals surface area contributed by atoms with Crippen LogP contribution < -0.4 is 11.1 Å². The summed E-state index contributed by atoms with van der Waals surface area (Å²) >= 11 is 0. The Morgan fingerprint density at radius 2 is 2.10 bits per heavy atom. The lowest BCUT2D eigenvalue weighted by atomic mass is 10.1. The minimum atomic E-state index is 0. The van der Waals surface area contributed by atoms with E-state index in [0.29, 0.717) is 19.1 Å². The molecule has 0 bridgehead atoms. The highest BCUT2D eigenvalue weighted by molar-refractivity contribution is 5.85. The van der Waals surface area contributed by atoms with Crippen LogP contribution in [0.5, 0.6) is 0 Å². The van der Waals surface area contributed by atoms with Gasteiger partial charge in [-0.3, -0.25) is 9.69 Å². The summed E-state index contributed by atoms with van der Waals surface area (Å²) in [6.45, 7) is 5.01. The number of halogens is 1. The molecule has 4 nitrogen and oxygen atoms in total. The molecule has 0 spiro atoms. The molecule has 1 aromatic rings. The Morgan fingerprint density at radius 3 is 2.75 bits per heavy atom. The third-order valence-electron chi connectivity index (χ3n) is 3.57. The zero-order valence-electron chi connectivity index (χ0n) is 12.0. The van der Waals surface area contributed by atoms with E-state index in [1.165, 1.54) is 5.56 Å². The minimum Gasteiger partial charge on any atom is -0.351 e. The molecule has 0 radical (unpaired) electrons. The van der Waals surface area contributed by atoms with Crippen molar-refractivity contribution < 1.29 is 4.79 Å². The fourth-order valence-electron chi connectivity index (χ4n) is 2.39. The fraction of sp³-hybridized carbons (Fsp3) is 0.533. The second kappa shape index (κ2) is 8.25. The molecular weight excluding hydrogens is 274 g/mol. The number of nitrogens with two attached hydrogens (primary N) is 1. The molecule has 2 rings (SSSR count). The summed E-state index contributed by atoms with van der Waals surface area (Å²) in [5.41, 5.74) is 8.22. The molecule has 1 heterocycles. The number of amides is 1. The first-order valence-electron chi connectivity index (χ1n) is 6.93. The molecule has 20 heavy (non-hydrogen) atoms. The normalized spacial score (nSPS) is 16.5. The van der Waals surface area contributed by atoms with E-state index in [-0.39, 0.29) is 18.3 Å². The summed E-state index contributed by atoms with van der Waals surface area (Å²) in [6, 6.07) is 8.52. The summed E-state index contributed by atoms with van der Waals surface area (Å²) in [6.07, 6.45) is 1.98. The van der Waals surface area contributed by atoms with E-state index in [9.17, 15) is 4.79 Å². The molecule has 1 aromatic carbocycles. The highest BCUT2D eigenvalue weighted by Gasteiger charge is 2.17. The third-order valence-corrected chi connectivity index (χ3v) is 3.57. The highest BCUT2D eigenvalue weighted by Crippen LogP contribution is 2.07. The number of piperidine rings is 1. The van der Waals surface area contributed by atoms with Crippen molar-refractivity contribution in [2.24, 2.45) is 5.73 Å². The molecule has 0 atom stereocenters. The number of hydrogen-bond acceptors (Lipinski definition) is 3. The van der Waals surface area contributed by atoms with Crippen LogP contribution in [0.1, 0.15) is 24.0 Å². The van der Waals surface area contributed by atoms with Crippen molar-refractivity contribution in [3.8, 4) is 0 Å². The number of likely N-dealkylation sites (tertiary alicyclic amines) is 1. The maximum Gasteiger partial charge on any atom is 0.234 e. The molecule has 3 N–H and O–H groups in total. The van der Waals surface area contributed by atoms with Crippen LogP contribution in [-0.2, 0) is 11.3 Å². The number of nitrogens with one attached hydrogen (secondary N) is 1. The lowest BCUT2D eigenvalue weighted by molar-refractivity contribution is -0.122. The Hall–Kier alpha value is -1.10. The molecule has 5 heteroatoms. The highest BCUT2D eigenvalue weighted by atomic mass is 35.5. The Morgan fingerprint density at radius 1 is 1.40 bits per heavy atom. The lowest BCUT2D eigenvalue weighted by Gasteiger charge is -2.29. The third kappa shape index (κ3) is 5.49. The van der Waals surface area contributed by atoms with Crippen LogP contribution in [0, 0.1) is 6.92 Å².